The van der Waals surface area contributed by atoms with Crippen molar-refractivity contribution in [1.29, 1.82) is 0 Å². The van der Waals surface area contributed by atoms with E-state index in [1.54, 1.807) is 31.3 Å². The lowest BCUT2D eigenvalue weighted by atomic mass is 9.80. The largest absolute Gasteiger partial charge is 0.480 e. The molecule has 5 rings (SSSR count). The van der Waals surface area contributed by atoms with E-state index in [9.17, 15) is 13.6 Å². The Labute approximate surface area is 226 Å². The van der Waals surface area contributed by atoms with E-state index >= 15 is 0 Å². The van der Waals surface area contributed by atoms with Crippen molar-refractivity contribution < 1.29 is 27.8 Å². The maximum absolute atomic E-state index is 15.0. The number of ether oxygens (including phenoxy) is 3. The SMILES string of the molecule is COc1ccc(N2C[C@@H](C(=O)N3CC[C@](OC)(c4ccccc4)[C@@H](OC)C3)[C@H](c3ccc(F)cc3F)C2)nn1. The summed E-state index contributed by atoms with van der Waals surface area (Å²) < 4.78 is 45.8. The number of likely N-dealkylation sites (tertiary alicyclic amines) is 1. The predicted molar refractivity (Wildman–Crippen MR) is 141 cm³/mol. The molecule has 2 saturated heterocycles. The number of hydrogen-bond donors (Lipinski definition) is 0. The summed E-state index contributed by atoms with van der Waals surface area (Å²) in [6.45, 7) is 1.39. The highest BCUT2D eigenvalue weighted by Crippen LogP contribution is 2.41. The van der Waals surface area contributed by atoms with Gasteiger partial charge in [0.1, 0.15) is 23.3 Å². The Morgan fingerprint density at radius 2 is 1.77 bits per heavy atom. The molecule has 206 valence electrons. The minimum absolute atomic E-state index is 0.118. The average Bonchev–Trinajstić information content (AvgIpc) is 3.42. The Bertz CT molecular complexity index is 1300. The fourth-order valence-electron chi connectivity index (χ4n) is 5.95. The fourth-order valence-corrected chi connectivity index (χ4v) is 5.95. The number of nitrogens with zero attached hydrogens (tertiary/aromatic N) is 4. The molecule has 10 heteroatoms. The summed E-state index contributed by atoms with van der Waals surface area (Å²) >= 11 is 0. The Hall–Kier alpha value is -3.63. The van der Waals surface area contributed by atoms with Crippen molar-refractivity contribution in [3.8, 4) is 5.88 Å². The molecular formula is C29H32F2N4O4. The van der Waals surface area contributed by atoms with Crippen molar-refractivity contribution in [3.63, 3.8) is 0 Å². The number of carbonyl (C=O) groups is 1. The van der Waals surface area contributed by atoms with Crippen LogP contribution in [0.1, 0.15) is 23.5 Å². The van der Waals surface area contributed by atoms with Crippen LogP contribution < -0.4 is 9.64 Å². The van der Waals surface area contributed by atoms with E-state index < -0.39 is 35.2 Å². The number of aromatic nitrogens is 2. The van der Waals surface area contributed by atoms with Gasteiger partial charge >= 0.3 is 0 Å². The van der Waals surface area contributed by atoms with Gasteiger partial charge < -0.3 is 24.0 Å². The van der Waals surface area contributed by atoms with Gasteiger partial charge in [-0.3, -0.25) is 4.79 Å². The van der Waals surface area contributed by atoms with Gasteiger partial charge in [-0.15, -0.1) is 10.2 Å². The van der Waals surface area contributed by atoms with E-state index in [0.29, 0.717) is 49.9 Å². The number of anilines is 1. The third kappa shape index (κ3) is 5.06. The molecule has 2 aliphatic rings. The summed E-state index contributed by atoms with van der Waals surface area (Å²) in [5.41, 5.74) is 0.590. The second kappa shape index (κ2) is 11.2. The molecule has 1 amide bonds. The molecule has 4 atom stereocenters. The second-order valence-electron chi connectivity index (χ2n) is 9.94. The molecule has 2 aliphatic heterocycles. The van der Waals surface area contributed by atoms with Gasteiger partial charge in [0.25, 0.3) is 0 Å². The highest BCUT2D eigenvalue weighted by atomic mass is 19.1. The Balaban J connectivity index is 1.43. The smallest absolute Gasteiger partial charge is 0.233 e. The maximum atomic E-state index is 15.0. The van der Waals surface area contributed by atoms with Crippen LogP contribution in [0.15, 0.2) is 60.7 Å². The van der Waals surface area contributed by atoms with E-state index in [2.05, 4.69) is 10.2 Å². The monoisotopic (exact) mass is 538 g/mol. The number of amides is 1. The van der Waals surface area contributed by atoms with Crippen LogP contribution in [0, 0.1) is 17.6 Å². The number of benzene rings is 2. The topological polar surface area (TPSA) is 77.0 Å². The Morgan fingerprint density at radius 1 is 0.974 bits per heavy atom. The van der Waals surface area contributed by atoms with Crippen LogP contribution in [0.5, 0.6) is 5.88 Å². The first kappa shape index (κ1) is 27.0. The number of methoxy groups -OCH3 is 3. The van der Waals surface area contributed by atoms with Gasteiger partial charge in [-0.05, 0) is 23.3 Å². The van der Waals surface area contributed by atoms with E-state index in [1.807, 2.05) is 35.2 Å². The molecule has 3 heterocycles. The van der Waals surface area contributed by atoms with E-state index in [-0.39, 0.29) is 5.91 Å². The van der Waals surface area contributed by atoms with Crippen molar-refractivity contribution >= 4 is 11.7 Å². The lowest BCUT2D eigenvalue weighted by molar-refractivity contribution is -0.170. The maximum Gasteiger partial charge on any atom is 0.233 e. The molecule has 0 unspecified atom stereocenters. The lowest BCUT2D eigenvalue weighted by Gasteiger charge is -2.47. The molecule has 0 spiro atoms. The van der Waals surface area contributed by atoms with Crippen molar-refractivity contribution in [1.82, 2.24) is 15.1 Å². The van der Waals surface area contributed by atoms with Crippen LogP contribution in [0.3, 0.4) is 0 Å². The highest BCUT2D eigenvalue weighted by Gasteiger charge is 2.49. The average molecular weight is 539 g/mol. The van der Waals surface area contributed by atoms with E-state index in [0.717, 1.165) is 11.6 Å². The number of rotatable bonds is 7. The minimum Gasteiger partial charge on any atom is -0.480 e. The zero-order valence-corrected chi connectivity index (χ0v) is 22.2. The number of hydrogen-bond acceptors (Lipinski definition) is 7. The summed E-state index contributed by atoms with van der Waals surface area (Å²) in [4.78, 5) is 17.8. The van der Waals surface area contributed by atoms with Gasteiger partial charge in [-0.1, -0.05) is 36.4 Å². The van der Waals surface area contributed by atoms with Gasteiger partial charge in [0.15, 0.2) is 5.82 Å². The summed E-state index contributed by atoms with van der Waals surface area (Å²) in [6, 6.07) is 16.8. The molecule has 2 fully saturated rings. The van der Waals surface area contributed by atoms with Crippen molar-refractivity contribution in [2.75, 3.05) is 52.4 Å². The lowest BCUT2D eigenvalue weighted by Crippen LogP contribution is -2.57. The number of carbonyl (C=O) groups excluding carboxylic acids is 1. The van der Waals surface area contributed by atoms with Gasteiger partial charge in [0.2, 0.25) is 11.8 Å². The van der Waals surface area contributed by atoms with Crippen LogP contribution in [-0.2, 0) is 19.9 Å². The molecule has 3 aromatic rings. The van der Waals surface area contributed by atoms with E-state index in [4.69, 9.17) is 14.2 Å². The number of piperidine rings is 1. The summed E-state index contributed by atoms with van der Waals surface area (Å²) in [6.07, 6.45) is 0.127. The van der Waals surface area contributed by atoms with Gasteiger partial charge in [0.05, 0.1) is 19.6 Å². The quantitative estimate of drug-likeness (QED) is 0.453. The summed E-state index contributed by atoms with van der Waals surface area (Å²) in [5.74, 6) is -1.63. The van der Waals surface area contributed by atoms with Crippen molar-refractivity contribution in [3.05, 3.63) is 83.4 Å². The van der Waals surface area contributed by atoms with Gasteiger partial charge in [0, 0.05) is 58.3 Å². The normalized spacial score (nSPS) is 25.1. The zero-order valence-electron chi connectivity index (χ0n) is 22.2. The molecule has 0 N–H and O–H groups in total. The fraction of sp³-hybridized carbons (Fsp3) is 0.414. The first-order valence-corrected chi connectivity index (χ1v) is 12.9. The molecule has 0 aliphatic carbocycles. The standard InChI is InChI=1S/C29H32F2N4O4/c1-37-25-18-34(14-13-29(25,39-3)19-7-5-4-6-8-19)28(36)23-17-35(26-11-12-27(38-2)33-32-26)16-22(23)21-10-9-20(30)15-24(21)31/h4-12,15,22-23,25H,13-14,16-18H2,1-3H3/t22-,23+,25-,29-/m0/s1. The van der Waals surface area contributed by atoms with Crippen molar-refractivity contribution in [2.24, 2.45) is 5.92 Å². The third-order valence-corrected chi connectivity index (χ3v) is 8.04. The predicted octanol–water partition coefficient (Wildman–Crippen LogP) is 3.77. The van der Waals surface area contributed by atoms with Crippen LogP contribution in [0.25, 0.3) is 0 Å². The second-order valence-corrected chi connectivity index (χ2v) is 9.94. The minimum atomic E-state index is -0.699. The summed E-state index contributed by atoms with van der Waals surface area (Å²) in [5, 5.41) is 8.27. The number of halogens is 2. The van der Waals surface area contributed by atoms with E-state index in [1.165, 1.54) is 19.2 Å². The first-order valence-electron chi connectivity index (χ1n) is 12.9. The van der Waals surface area contributed by atoms with Crippen molar-refractivity contribution in [2.45, 2.75) is 24.0 Å². The molecule has 0 saturated carbocycles. The first-order chi connectivity index (χ1) is 18.9. The molecule has 2 aromatic carbocycles. The van der Waals surface area contributed by atoms with Gasteiger partial charge in [-0.25, -0.2) is 8.78 Å². The molecule has 1 aromatic heterocycles. The van der Waals surface area contributed by atoms with Crippen LogP contribution in [0.2, 0.25) is 0 Å². The van der Waals surface area contributed by atoms with Crippen LogP contribution in [0.4, 0.5) is 14.6 Å². The third-order valence-electron chi connectivity index (χ3n) is 8.04. The van der Waals surface area contributed by atoms with Crippen LogP contribution in [-0.4, -0.2) is 74.6 Å². The highest BCUT2D eigenvalue weighted by molar-refractivity contribution is 5.82. The van der Waals surface area contributed by atoms with Gasteiger partial charge in [-0.2, -0.15) is 0 Å². The molecule has 0 radical (unpaired) electrons. The Kier molecular flexibility index (Phi) is 7.76. The summed E-state index contributed by atoms with van der Waals surface area (Å²) in [7, 11) is 4.78. The van der Waals surface area contributed by atoms with Crippen LogP contribution >= 0.6 is 0 Å². The molecule has 0 bridgehead atoms. The Morgan fingerprint density at radius 3 is 2.41 bits per heavy atom. The molecule has 39 heavy (non-hydrogen) atoms. The molecule has 8 nitrogen and oxygen atoms in total. The zero-order chi connectivity index (χ0) is 27.6. The molecular weight excluding hydrogens is 506 g/mol.